The average Bonchev–Trinajstić information content (AvgIpc) is 2.76. The highest BCUT2D eigenvalue weighted by atomic mass is 32.1. The van der Waals surface area contributed by atoms with Crippen LogP contribution in [-0.4, -0.2) is 36.5 Å². The second kappa shape index (κ2) is 4.78. The van der Waals surface area contributed by atoms with E-state index >= 15 is 0 Å². The normalized spacial score (nSPS) is 19.4. The van der Waals surface area contributed by atoms with E-state index in [9.17, 15) is 4.79 Å². The molecule has 17 heavy (non-hydrogen) atoms. The maximum Gasteiger partial charge on any atom is 0.264 e. The number of carbonyl (C=O) groups is 1. The van der Waals surface area contributed by atoms with Gasteiger partial charge < -0.3 is 10.2 Å². The molecule has 3 nitrogen and oxygen atoms in total. The minimum absolute atomic E-state index is 0.196. The van der Waals surface area contributed by atoms with Gasteiger partial charge in [-0.1, -0.05) is 0 Å². The van der Waals surface area contributed by atoms with Gasteiger partial charge in [0.1, 0.15) is 0 Å². The number of nitrogens with one attached hydrogen (secondary N) is 1. The molecule has 0 aliphatic carbocycles. The number of thiophene rings is 1. The molecule has 1 amide bonds. The van der Waals surface area contributed by atoms with Crippen LogP contribution in [0.3, 0.4) is 0 Å². The van der Waals surface area contributed by atoms with Crippen LogP contribution in [0.5, 0.6) is 0 Å². The van der Waals surface area contributed by atoms with Crippen LogP contribution < -0.4 is 5.32 Å². The van der Waals surface area contributed by atoms with E-state index in [0.29, 0.717) is 0 Å². The third-order valence-electron chi connectivity index (χ3n) is 3.81. The lowest BCUT2D eigenvalue weighted by Crippen LogP contribution is -2.51. The zero-order valence-corrected chi connectivity index (χ0v) is 11.6. The number of likely N-dealkylation sites (tertiary alicyclic amines) is 1. The molecule has 1 aromatic rings. The summed E-state index contributed by atoms with van der Waals surface area (Å²) in [6.45, 7) is 5.94. The van der Waals surface area contributed by atoms with Gasteiger partial charge in [-0.2, -0.15) is 0 Å². The van der Waals surface area contributed by atoms with Gasteiger partial charge in [-0.05, 0) is 50.7 Å². The molecule has 2 rings (SSSR count). The lowest BCUT2D eigenvalue weighted by molar-refractivity contribution is 0.0666. The standard InChI is InChI=1S/C13H20N2OS/c1-10-4-9-17-11(10)12(16)15-7-5-13(2,14-3)6-8-15/h4,9,14H,5-8H2,1-3H3. The van der Waals surface area contributed by atoms with Gasteiger partial charge in [0.25, 0.3) is 5.91 Å². The Morgan fingerprint density at radius 2 is 2.12 bits per heavy atom. The topological polar surface area (TPSA) is 32.3 Å². The maximum absolute atomic E-state index is 12.3. The molecule has 94 valence electrons. The van der Waals surface area contributed by atoms with Crippen LogP contribution in [0.25, 0.3) is 0 Å². The summed E-state index contributed by atoms with van der Waals surface area (Å²) in [7, 11) is 2.00. The SMILES string of the molecule is CNC1(C)CCN(C(=O)c2sccc2C)CC1. The van der Waals surface area contributed by atoms with Gasteiger partial charge in [0.15, 0.2) is 0 Å². The van der Waals surface area contributed by atoms with E-state index < -0.39 is 0 Å². The van der Waals surface area contributed by atoms with Crippen molar-refractivity contribution in [1.82, 2.24) is 10.2 Å². The maximum atomic E-state index is 12.3. The number of carbonyl (C=O) groups excluding carboxylic acids is 1. The fourth-order valence-electron chi connectivity index (χ4n) is 2.19. The first-order valence-corrected chi connectivity index (χ1v) is 6.96. The van der Waals surface area contributed by atoms with E-state index in [1.54, 1.807) is 11.3 Å². The molecule has 2 heterocycles. The third-order valence-corrected chi connectivity index (χ3v) is 4.82. The first kappa shape index (κ1) is 12.6. The Morgan fingerprint density at radius 3 is 2.59 bits per heavy atom. The van der Waals surface area contributed by atoms with Gasteiger partial charge in [0, 0.05) is 18.6 Å². The number of nitrogens with zero attached hydrogens (tertiary/aromatic N) is 1. The van der Waals surface area contributed by atoms with Crippen molar-refractivity contribution in [2.45, 2.75) is 32.2 Å². The van der Waals surface area contributed by atoms with Crippen molar-refractivity contribution in [1.29, 1.82) is 0 Å². The Balaban J connectivity index is 2.02. The van der Waals surface area contributed by atoms with Crippen LogP contribution in [0.2, 0.25) is 0 Å². The second-order valence-corrected chi connectivity index (χ2v) is 5.95. The number of rotatable bonds is 2. The molecule has 0 atom stereocenters. The Labute approximate surface area is 107 Å². The molecule has 4 heteroatoms. The third kappa shape index (κ3) is 2.53. The van der Waals surface area contributed by atoms with Crippen molar-refractivity contribution in [2.24, 2.45) is 0 Å². The molecule has 0 bridgehead atoms. The van der Waals surface area contributed by atoms with Crippen molar-refractivity contribution in [3.05, 3.63) is 21.9 Å². The fraction of sp³-hybridized carbons (Fsp3) is 0.615. The fourth-order valence-corrected chi connectivity index (χ4v) is 3.08. The van der Waals surface area contributed by atoms with E-state index in [1.165, 1.54) is 0 Å². The monoisotopic (exact) mass is 252 g/mol. The quantitative estimate of drug-likeness (QED) is 0.875. The van der Waals surface area contributed by atoms with E-state index in [-0.39, 0.29) is 11.4 Å². The number of piperidine rings is 1. The van der Waals surface area contributed by atoms with Gasteiger partial charge >= 0.3 is 0 Å². The molecule has 1 aromatic heterocycles. The van der Waals surface area contributed by atoms with E-state index in [2.05, 4.69) is 12.2 Å². The predicted molar refractivity (Wildman–Crippen MR) is 71.7 cm³/mol. The van der Waals surface area contributed by atoms with Gasteiger partial charge in [-0.3, -0.25) is 4.79 Å². The summed E-state index contributed by atoms with van der Waals surface area (Å²) in [5.74, 6) is 0.204. The van der Waals surface area contributed by atoms with E-state index in [1.807, 2.05) is 30.3 Å². The van der Waals surface area contributed by atoms with E-state index in [0.717, 1.165) is 36.4 Å². The molecule has 0 saturated carbocycles. The summed E-state index contributed by atoms with van der Waals surface area (Å²) in [4.78, 5) is 15.2. The molecule has 0 radical (unpaired) electrons. The average molecular weight is 252 g/mol. The van der Waals surface area contributed by atoms with Crippen LogP contribution in [0.15, 0.2) is 11.4 Å². The minimum atomic E-state index is 0.196. The van der Waals surface area contributed by atoms with Crippen molar-refractivity contribution in [3.63, 3.8) is 0 Å². The summed E-state index contributed by atoms with van der Waals surface area (Å²) >= 11 is 1.55. The van der Waals surface area contributed by atoms with Crippen LogP contribution in [0.1, 0.15) is 35.0 Å². The molecular formula is C13H20N2OS. The second-order valence-electron chi connectivity index (χ2n) is 5.04. The van der Waals surface area contributed by atoms with Crippen molar-refractivity contribution in [3.8, 4) is 0 Å². The molecule has 1 aliphatic rings. The Morgan fingerprint density at radius 1 is 1.47 bits per heavy atom. The zero-order chi connectivity index (χ0) is 12.5. The number of hydrogen-bond acceptors (Lipinski definition) is 3. The molecular weight excluding hydrogens is 232 g/mol. The van der Waals surface area contributed by atoms with Crippen LogP contribution >= 0.6 is 11.3 Å². The highest BCUT2D eigenvalue weighted by Gasteiger charge is 2.31. The zero-order valence-electron chi connectivity index (χ0n) is 10.7. The van der Waals surface area contributed by atoms with Crippen molar-refractivity contribution < 1.29 is 4.79 Å². The lowest BCUT2D eigenvalue weighted by atomic mass is 9.90. The first-order chi connectivity index (χ1) is 8.06. The number of aryl methyl sites for hydroxylation is 1. The molecule has 0 unspecified atom stereocenters. The number of hydrogen-bond donors (Lipinski definition) is 1. The smallest absolute Gasteiger partial charge is 0.264 e. The van der Waals surface area contributed by atoms with Gasteiger partial charge in [0.05, 0.1) is 4.88 Å². The van der Waals surface area contributed by atoms with Crippen LogP contribution in [0, 0.1) is 6.92 Å². The van der Waals surface area contributed by atoms with Gasteiger partial charge in [-0.15, -0.1) is 11.3 Å². The van der Waals surface area contributed by atoms with E-state index in [4.69, 9.17) is 0 Å². The summed E-state index contributed by atoms with van der Waals surface area (Å²) < 4.78 is 0. The summed E-state index contributed by atoms with van der Waals surface area (Å²) in [5, 5.41) is 5.34. The Hall–Kier alpha value is -0.870. The van der Waals surface area contributed by atoms with Crippen molar-refractivity contribution >= 4 is 17.2 Å². The molecule has 0 aromatic carbocycles. The van der Waals surface area contributed by atoms with Crippen LogP contribution in [-0.2, 0) is 0 Å². The lowest BCUT2D eigenvalue weighted by Gasteiger charge is -2.39. The molecule has 1 N–H and O–H groups in total. The number of amides is 1. The Bertz CT molecular complexity index is 405. The van der Waals surface area contributed by atoms with Crippen LogP contribution in [0.4, 0.5) is 0 Å². The van der Waals surface area contributed by atoms with Crippen molar-refractivity contribution in [2.75, 3.05) is 20.1 Å². The Kier molecular flexibility index (Phi) is 3.54. The molecule has 1 fully saturated rings. The molecule has 0 spiro atoms. The highest BCUT2D eigenvalue weighted by Crippen LogP contribution is 2.24. The minimum Gasteiger partial charge on any atom is -0.338 e. The first-order valence-electron chi connectivity index (χ1n) is 6.08. The molecule has 1 saturated heterocycles. The highest BCUT2D eigenvalue weighted by molar-refractivity contribution is 7.12. The van der Waals surface area contributed by atoms with Gasteiger partial charge in [-0.25, -0.2) is 0 Å². The largest absolute Gasteiger partial charge is 0.338 e. The molecule has 1 aliphatic heterocycles. The van der Waals surface area contributed by atoms with Gasteiger partial charge in [0.2, 0.25) is 0 Å². The summed E-state index contributed by atoms with van der Waals surface area (Å²) in [6.07, 6.45) is 2.05. The summed E-state index contributed by atoms with van der Waals surface area (Å²) in [6, 6.07) is 2.01. The predicted octanol–water partition coefficient (Wildman–Crippen LogP) is 2.27. The summed E-state index contributed by atoms with van der Waals surface area (Å²) in [5.41, 5.74) is 1.29.